The third-order valence-electron chi connectivity index (χ3n) is 4.04. The summed E-state index contributed by atoms with van der Waals surface area (Å²) in [6.07, 6.45) is 5.02. The molecule has 23 heavy (non-hydrogen) atoms. The number of nitrogens with one attached hydrogen (secondary N) is 1. The molecular formula is C17H21N3O3. The first-order valence-electron chi connectivity index (χ1n) is 7.88. The van der Waals surface area contributed by atoms with Crippen molar-refractivity contribution in [2.75, 3.05) is 19.7 Å². The van der Waals surface area contributed by atoms with Crippen molar-refractivity contribution in [2.24, 2.45) is 5.92 Å². The van der Waals surface area contributed by atoms with Gasteiger partial charge in [-0.1, -0.05) is 30.3 Å². The van der Waals surface area contributed by atoms with Gasteiger partial charge in [-0.05, 0) is 24.3 Å². The SMILES string of the molecule is O=C(OCc1ccccc1)N1CCC(COc2cn[nH]c2)CC1. The number of benzene rings is 1. The van der Waals surface area contributed by atoms with Gasteiger partial charge in [-0.25, -0.2) is 4.79 Å². The lowest BCUT2D eigenvalue weighted by molar-refractivity contribution is 0.0761. The monoisotopic (exact) mass is 315 g/mol. The number of H-pyrrole nitrogens is 1. The molecule has 0 atom stereocenters. The molecule has 0 aliphatic carbocycles. The molecule has 3 rings (SSSR count). The second-order valence-corrected chi connectivity index (χ2v) is 5.72. The van der Waals surface area contributed by atoms with Crippen LogP contribution in [0.25, 0.3) is 0 Å². The van der Waals surface area contributed by atoms with Gasteiger partial charge in [0, 0.05) is 13.1 Å². The van der Waals surface area contributed by atoms with Crippen molar-refractivity contribution in [1.29, 1.82) is 0 Å². The fraction of sp³-hybridized carbons (Fsp3) is 0.412. The summed E-state index contributed by atoms with van der Waals surface area (Å²) in [7, 11) is 0. The van der Waals surface area contributed by atoms with Crippen LogP contribution in [-0.4, -0.2) is 40.9 Å². The minimum absolute atomic E-state index is 0.233. The molecule has 0 saturated carbocycles. The molecule has 0 spiro atoms. The summed E-state index contributed by atoms with van der Waals surface area (Å²) in [6, 6.07) is 9.73. The molecule has 2 aromatic rings. The molecular weight excluding hydrogens is 294 g/mol. The summed E-state index contributed by atoms with van der Waals surface area (Å²) in [5.41, 5.74) is 1.00. The van der Waals surface area contributed by atoms with E-state index < -0.39 is 0 Å². The molecule has 1 fully saturated rings. The predicted molar refractivity (Wildman–Crippen MR) is 85.0 cm³/mol. The second-order valence-electron chi connectivity index (χ2n) is 5.72. The van der Waals surface area contributed by atoms with Crippen LogP contribution in [0.15, 0.2) is 42.7 Å². The third-order valence-corrected chi connectivity index (χ3v) is 4.04. The van der Waals surface area contributed by atoms with Crippen LogP contribution in [0.4, 0.5) is 4.79 Å². The first-order chi connectivity index (χ1) is 11.3. The quantitative estimate of drug-likeness (QED) is 0.921. The standard InChI is InChI=1S/C17H21N3O3/c21-17(23-13-14-4-2-1-3-5-14)20-8-6-15(7-9-20)12-22-16-10-18-19-11-16/h1-5,10-11,15H,6-9,12-13H2,(H,18,19). The van der Waals surface area contributed by atoms with E-state index in [2.05, 4.69) is 10.2 Å². The lowest BCUT2D eigenvalue weighted by atomic mass is 9.98. The first kappa shape index (κ1) is 15.4. The minimum Gasteiger partial charge on any atom is -0.490 e. The smallest absolute Gasteiger partial charge is 0.410 e. The molecule has 6 nitrogen and oxygen atoms in total. The number of hydrogen-bond donors (Lipinski definition) is 1. The number of carbonyl (C=O) groups excluding carboxylic acids is 1. The van der Waals surface area contributed by atoms with Gasteiger partial charge in [-0.15, -0.1) is 0 Å². The molecule has 0 bridgehead atoms. The summed E-state index contributed by atoms with van der Waals surface area (Å²) in [5, 5.41) is 6.57. The zero-order chi connectivity index (χ0) is 15.9. The van der Waals surface area contributed by atoms with E-state index in [1.54, 1.807) is 17.3 Å². The number of amides is 1. The maximum absolute atomic E-state index is 12.1. The predicted octanol–water partition coefficient (Wildman–Crippen LogP) is 2.84. The number of likely N-dealkylation sites (tertiary alicyclic amines) is 1. The molecule has 0 unspecified atom stereocenters. The van der Waals surface area contributed by atoms with Crippen molar-refractivity contribution in [3.8, 4) is 5.75 Å². The average molecular weight is 315 g/mol. The Bertz CT molecular complexity index is 593. The number of nitrogens with zero attached hydrogens (tertiary/aromatic N) is 2. The molecule has 1 saturated heterocycles. The van der Waals surface area contributed by atoms with Crippen LogP contribution in [0.1, 0.15) is 18.4 Å². The highest BCUT2D eigenvalue weighted by molar-refractivity contribution is 5.67. The summed E-state index contributed by atoms with van der Waals surface area (Å²) in [4.78, 5) is 13.9. The Morgan fingerprint density at radius 3 is 2.74 bits per heavy atom. The van der Waals surface area contributed by atoms with Crippen LogP contribution in [0, 0.1) is 5.92 Å². The Morgan fingerprint density at radius 1 is 1.26 bits per heavy atom. The Kier molecular flexibility index (Phi) is 5.13. The zero-order valence-electron chi connectivity index (χ0n) is 13.0. The van der Waals surface area contributed by atoms with Gasteiger partial charge in [0.2, 0.25) is 0 Å². The van der Waals surface area contributed by atoms with Crippen molar-refractivity contribution < 1.29 is 14.3 Å². The molecule has 1 aliphatic heterocycles. The number of ether oxygens (including phenoxy) is 2. The largest absolute Gasteiger partial charge is 0.490 e. The van der Waals surface area contributed by atoms with E-state index in [4.69, 9.17) is 9.47 Å². The van der Waals surface area contributed by atoms with Gasteiger partial charge in [-0.2, -0.15) is 5.10 Å². The Morgan fingerprint density at radius 2 is 2.04 bits per heavy atom. The lowest BCUT2D eigenvalue weighted by Gasteiger charge is -2.31. The molecule has 122 valence electrons. The fourth-order valence-corrected chi connectivity index (χ4v) is 2.62. The van der Waals surface area contributed by atoms with Gasteiger partial charge < -0.3 is 14.4 Å². The number of carbonyl (C=O) groups is 1. The van der Waals surface area contributed by atoms with Gasteiger partial charge >= 0.3 is 6.09 Å². The van der Waals surface area contributed by atoms with Crippen molar-refractivity contribution in [2.45, 2.75) is 19.4 Å². The van der Waals surface area contributed by atoms with Gasteiger partial charge in [-0.3, -0.25) is 5.10 Å². The molecule has 1 aromatic heterocycles. The highest BCUT2D eigenvalue weighted by atomic mass is 16.6. The van der Waals surface area contributed by atoms with Crippen LogP contribution >= 0.6 is 0 Å². The van der Waals surface area contributed by atoms with Crippen LogP contribution in [0.5, 0.6) is 5.75 Å². The Hall–Kier alpha value is -2.50. The van der Waals surface area contributed by atoms with Crippen molar-refractivity contribution >= 4 is 6.09 Å². The van der Waals surface area contributed by atoms with E-state index in [0.717, 1.165) is 24.2 Å². The van der Waals surface area contributed by atoms with Crippen LogP contribution in [-0.2, 0) is 11.3 Å². The van der Waals surface area contributed by atoms with E-state index >= 15 is 0 Å². The van der Waals surface area contributed by atoms with Gasteiger partial charge in [0.1, 0.15) is 6.61 Å². The van der Waals surface area contributed by atoms with Gasteiger partial charge in [0.05, 0.1) is 19.0 Å². The van der Waals surface area contributed by atoms with Crippen LogP contribution in [0.2, 0.25) is 0 Å². The summed E-state index contributed by atoms with van der Waals surface area (Å²) in [5.74, 6) is 1.22. The highest BCUT2D eigenvalue weighted by Gasteiger charge is 2.24. The van der Waals surface area contributed by atoms with E-state index in [1.807, 2.05) is 30.3 Å². The van der Waals surface area contributed by atoms with Crippen LogP contribution in [0.3, 0.4) is 0 Å². The average Bonchev–Trinajstić information content (AvgIpc) is 3.13. The number of aromatic amines is 1. The summed E-state index contributed by atoms with van der Waals surface area (Å²) < 4.78 is 11.0. The van der Waals surface area contributed by atoms with Crippen molar-refractivity contribution in [3.63, 3.8) is 0 Å². The summed E-state index contributed by atoms with van der Waals surface area (Å²) >= 11 is 0. The topological polar surface area (TPSA) is 67.4 Å². The molecule has 2 heterocycles. The maximum atomic E-state index is 12.1. The van der Waals surface area contributed by atoms with Crippen LogP contribution < -0.4 is 4.74 Å². The number of rotatable bonds is 5. The third kappa shape index (κ3) is 4.48. The van der Waals surface area contributed by atoms with Crippen molar-refractivity contribution in [1.82, 2.24) is 15.1 Å². The molecule has 1 aromatic carbocycles. The van der Waals surface area contributed by atoms with Gasteiger partial charge in [0.15, 0.2) is 5.75 Å². The van der Waals surface area contributed by atoms with E-state index in [-0.39, 0.29) is 6.09 Å². The lowest BCUT2D eigenvalue weighted by Crippen LogP contribution is -2.39. The van der Waals surface area contributed by atoms with E-state index in [1.165, 1.54) is 0 Å². The maximum Gasteiger partial charge on any atom is 0.410 e. The molecule has 1 amide bonds. The molecule has 6 heteroatoms. The van der Waals surface area contributed by atoms with Gasteiger partial charge in [0.25, 0.3) is 0 Å². The molecule has 1 aliphatic rings. The van der Waals surface area contributed by atoms with E-state index in [0.29, 0.717) is 32.2 Å². The summed E-state index contributed by atoms with van der Waals surface area (Å²) in [6.45, 7) is 2.41. The van der Waals surface area contributed by atoms with E-state index in [9.17, 15) is 4.79 Å². The highest BCUT2D eigenvalue weighted by Crippen LogP contribution is 2.19. The molecule has 1 N–H and O–H groups in total. The second kappa shape index (κ2) is 7.67. The molecule has 0 radical (unpaired) electrons. The number of hydrogen-bond acceptors (Lipinski definition) is 4. The minimum atomic E-state index is -0.233. The fourth-order valence-electron chi connectivity index (χ4n) is 2.62. The Balaban J connectivity index is 1.37. The number of piperidine rings is 1. The normalized spacial score (nSPS) is 15.4. The van der Waals surface area contributed by atoms with Crippen molar-refractivity contribution in [3.05, 3.63) is 48.3 Å². The first-order valence-corrected chi connectivity index (χ1v) is 7.88. The Labute approximate surface area is 135 Å². The number of aromatic nitrogens is 2. The zero-order valence-corrected chi connectivity index (χ0v) is 13.0.